The molecule has 2 N–H and O–H groups in total. The fourth-order valence-corrected chi connectivity index (χ4v) is 2.07. The van der Waals surface area contributed by atoms with Crippen LogP contribution in [-0.4, -0.2) is 19.2 Å². The Hall–Kier alpha value is -2.37. The maximum absolute atomic E-state index is 13.2. The highest BCUT2D eigenvalue weighted by atomic mass is 19.1. The minimum Gasteiger partial charge on any atom is -0.383 e. The molecular weight excluding hydrogens is 233 g/mol. The van der Waals surface area contributed by atoms with Gasteiger partial charge in [0.2, 0.25) is 0 Å². The van der Waals surface area contributed by atoms with Crippen LogP contribution in [0, 0.1) is 12.7 Å². The largest absolute Gasteiger partial charge is 0.383 e. The summed E-state index contributed by atoms with van der Waals surface area (Å²) < 4.78 is 16.4. The quantitative estimate of drug-likeness (QED) is 0.710. The Morgan fingerprint density at radius 3 is 2.72 bits per heavy atom. The van der Waals surface area contributed by atoms with E-state index in [0.717, 1.165) is 11.3 Å². The van der Waals surface area contributed by atoms with Crippen molar-refractivity contribution in [2.75, 3.05) is 5.73 Å². The summed E-state index contributed by atoms with van der Waals surface area (Å²) in [5, 5.41) is 4.25. The second-order valence-corrected chi connectivity index (χ2v) is 4.22. The predicted octanol–water partition coefficient (Wildman–Crippen LogP) is 1.76. The van der Waals surface area contributed by atoms with Gasteiger partial charge >= 0.3 is 0 Å². The zero-order valence-electron chi connectivity index (χ0n) is 10.1. The highest BCUT2D eigenvalue weighted by molar-refractivity contribution is 5.75. The molecular formula is C12H12FN5. The van der Waals surface area contributed by atoms with Crippen LogP contribution < -0.4 is 5.73 Å². The van der Waals surface area contributed by atoms with Crippen LogP contribution in [0.15, 0.2) is 24.5 Å². The maximum Gasteiger partial charge on any atom is 0.140 e. The molecule has 0 amide bonds. The SMILES string of the molecule is Cc1nn(C)cc1-c1nc2ccc(F)cn2c1N. The lowest BCUT2D eigenvalue weighted by atomic mass is 10.2. The molecule has 0 saturated carbocycles. The Bertz CT molecular complexity index is 740. The van der Waals surface area contributed by atoms with Crippen LogP contribution in [0.4, 0.5) is 10.2 Å². The standard InChI is InChI=1S/C12H12FN5/c1-7-9(6-17(2)16-7)11-12(14)18-5-8(13)3-4-10(18)15-11/h3-6H,14H2,1-2H3. The normalized spacial score (nSPS) is 11.3. The van der Waals surface area contributed by atoms with E-state index in [2.05, 4.69) is 10.1 Å². The molecule has 0 fully saturated rings. The molecule has 18 heavy (non-hydrogen) atoms. The van der Waals surface area contributed by atoms with Gasteiger partial charge in [-0.15, -0.1) is 0 Å². The summed E-state index contributed by atoms with van der Waals surface area (Å²) in [5.74, 6) is 0.0710. The van der Waals surface area contributed by atoms with E-state index in [4.69, 9.17) is 5.73 Å². The molecule has 0 aliphatic rings. The average Bonchev–Trinajstić information content (AvgIpc) is 2.80. The molecule has 0 atom stereocenters. The summed E-state index contributed by atoms with van der Waals surface area (Å²) >= 11 is 0. The summed E-state index contributed by atoms with van der Waals surface area (Å²) in [5.41, 5.74) is 8.96. The topological polar surface area (TPSA) is 61.1 Å². The summed E-state index contributed by atoms with van der Waals surface area (Å²) in [7, 11) is 1.84. The van der Waals surface area contributed by atoms with Crippen LogP contribution in [0.25, 0.3) is 16.9 Å². The fraction of sp³-hybridized carbons (Fsp3) is 0.167. The van der Waals surface area contributed by atoms with Gasteiger partial charge in [-0.1, -0.05) is 0 Å². The number of imidazole rings is 1. The first kappa shape index (κ1) is 10.8. The van der Waals surface area contributed by atoms with E-state index in [-0.39, 0.29) is 5.82 Å². The van der Waals surface area contributed by atoms with Crippen molar-refractivity contribution in [1.29, 1.82) is 0 Å². The van der Waals surface area contributed by atoms with Gasteiger partial charge in [-0.2, -0.15) is 5.10 Å². The molecule has 0 bridgehead atoms. The first-order valence-corrected chi connectivity index (χ1v) is 5.50. The molecule has 3 heterocycles. The second-order valence-electron chi connectivity index (χ2n) is 4.22. The smallest absolute Gasteiger partial charge is 0.140 e. The van der Waals surface area contributed by atoms with Gasteiger partial charge in [0, 0.05) is 25.0 Å². The number of halogens is 1. The van der Waals surface area contributed by atoms with E-state index < -0.39 is 0 Å². The fourth-order valence-electron chi connectivity index (χ4n) is 2.07. The van der Waals surface area contributed by atoms with Crippen molar-refractivity contribution in [1.82, 2.24) is 19.2 Å². The van der Waals surface area contributed by atoms with Crippen molar-refractivity contribution in [3.8, 4) is 11.3 Å². The van der Waals surface area contributed by atoms with Crippen LogP contribution in [0.5, 0.6) is 0 Å². The Morgan fingerprint density at radius 2 is 2.06 bits per heavy atom. The number of aromatic nitrogens is 4. The number of rotatable bonds is 1. The Morgan fingerprint density at radius 1 is 1.28 bits per heavy atom. The highest BCUT2D eigenvalue weighted by Gasteiger charge is 2.15. The van der Waals surface area contributed by atoms with Crippen LogP contribution >= 0.6 is 0 Å². The van der Waals surface area contributed by atoms with Crippen molar-refractivity contribution < 1.29 is 4.39 Å². The van der Waals surface area contributed by atoms with Crippen LogP contribution in [-0.2, 0) is 7.05 Å². The summed E-state index contributed by atoms with van der Waals surface area (Å²) in [6.07, 6.45) is 3.18. The molecule has 6 heteroatoms. The van der Waals surface area contributed by atoms with E-state index in [1.54, 1.807) is 10.7 Å². The Labute approximate surface area is 103 Å². The lowest BCUT2D eigenvalue weighted by molar-refractivity contribution is 0.619. The molecule has 0 spiro atoms. The first-order valence-electron chi connectivity index (χ1n) is 5.50. The van der Waals surface area contributed by atoms with Crippen LogP contribution in [0.1, 0.15) is 5.69 Å². The number of hydrogen-bond acceptors (Lipinski definition) is 3. The second kappa shape index (κ2) is 3.56. The summed E-state index contributed by atoms with van der Waals surface area (Å²) in [4.78, 5) is 4.42. The third kappa shape index (κ3) is 1.46. The third-order valence-corrected chi connectivity index (χ3v) is 2.89. The van der Waals surface area contributed by atoms with Gasteiger partial charge in [0.25, 0.3) is 0 Å². The first-order chi connectivity index (χ1) is 8.56. The minimum atomic E-state index is -0.346. The number of nitrogen functional groups attached to an aromatic ring is 1. The minimum absolute atomic E-state index is 0.346. The predicted molar refractivity (Wildman–Crippen MR) is 66.5 cm³/mol. The molecule has 3 aromatic heterocycles. The molecule has 0 radical (unpaired) electrons. The van der Waals surface area contributed by atoms with E-state index in [1.165, 1.54) is 16.7 Å². The number of fused-ring (bicyclic) bond motifs is 1. The van der Waals surface area contributed by atoms with Crippen LogP contribution in [0.3, 0.4) is 0 Å². The molecule has 92 valence electrons. The third-order valence-electron chi connectivity index (χ3n) is 2.89. The lowest BCUT2D eigenvalue weighted by Crippen LogP contribution is -1.95. The number of aryl methyl sites for hydroxylation is 2. The van der Waals surface area contributed by atoms with Gasteiger partial charge in [-0.05, 0) is 19.1 Å². The monoisotopic (exact) mass is 245 g/mol. The number of nitrogens with zero attached hydrogens (tertiary/aromatic N) is 4. The Balaban J connectivity index is 2.30. The van der Waals surface area contributed by atoms with Gasteiger partial charge in [0.1, 0.15) is 23.0 Å². The number of nitrogens with two attached hydrogens (primary N) is 1. The highest BCUT2D eigenvalue weighted by Crippen LogP contribution is 2.28. The Kier molecular flexibility index (Phi) is 2.13. The molecule has 5 nitrogen and oxygen atoms in total. The van der Waals surface area contributed by atoms with Crippen molar-refractivity contribution >= 4 is 11.5 Å². The van der Waals surface area contributed by atoms with E-state index in [0.29, 0.717) is 17.2 Å². The number of anilines is 1. The van der Waals surface area contributed by atoms with Crippen molar-refractivity contribution in [2.45, 2.75) is 6.92 Å². The molecule has 0 aliphatic carbocycles. The van der Waals surface area contributed by atoms with Crippen molar-refractivity contribution in [3.05, 3.63) is 36.0 Å². The molecule has 3 rings (SSSR count). The van der Waals surface area contributed by atoms with Crippen LogP contribution in [0.2, 0.25) is 0 Å². The van der Waals surface area contributed by atoms with Gasteiger partial charge in [0.15, 0.2) is 0 Å². The molecule has 0 aromatic carbocycles. The average molecular weight is 245 g/mol. The molecule has 0 saturated heterocycles. The number of hydrogen-bond donors (Lipinski definition) is 1. The summed E-state index contributed by atoms with van der Waals surface area (Å²) in [6, 6.07) is 2.96. The van der Waals surface area contributed by atoms with Gasteiger partial charge in [-0.3, -0.25) is 9.08 Å². The zero-order valence-corrected chi connectivity index (χ0v) is 10.1. The molecule has 0 aliphatic heterocycles. The van der Waals surface area contributed by atoms with Crippen molar-refractivity contribution in [3.63, 3.8) is 0 Å². The van der Waals surface area contributed by atoms with Gasteiger partial charge in [0.05, 0.1) is 5.69 Å². The van der Waals surface area contributed by atoms with E-state index >= 15 is 0 Å². The lowest BCUT2D eigenvalue weighted by Gasteiger charge is -1.97. The number of pyridine rings is 1. The maximum atomic E-state index is 13.2. The van der Waals surface area contributed by atoms with Gasteiger partial charge in [-0.25, -0.2) is 9.37 Å². The summed E-state index contributed by atoms with van der Waals surface area (Å²) in [6.45, 7) is 1.89. The van der Waals surface area contributed by atoms with Gasteiger partial charge < -0.3 is 5.73 Å². The zero-order chi connectivity index (χ0) is 12.9. The van der Waals surface area contributed by atoms with E-state index in [1.807, 2.05) is 20.2 Å². The van der Waals surface area contributed by atoms with E-state index in [9.17, 15) is 4.39 Å². The molecule has 3 aromatic rings. The molecule has 0 unspecified atom stereocenters. The van der Waals surface area contributed by atoms with Crippen molar-refractivity contribution in [2.24, 2.45) is 7.05 Å².